The molecule has 0 bridgehead atoms. The van der Waals surface area contributed by atoms with Gasteiger partial charge in [0.05, 0.1) is 12.2 Å². The van der Waals surface area contributed by atoms with Gasteiger partial charge in [-0.05, 0) is 39.7 Å². The lowest BCUT2D eigenvalue weighted by molar-refractivity contribution is 0.0520. The molecule has 0 N–H and O–H groups in total. The molecule has 23 heavy (non-hydrogen) atoms. The third kappa shape index (κ3) is 3.14. The van der Waals surface area contributed by atoms with Gasteiger partial charge < -0.3 is 9.15 Å². The van der Waals surface area contributed by atoms with Gasteiger partial charge in [0.2, 0.25) is 0 Å². The van der Waals surface area contributed by atoms with Crippen molar-refractivity contribution in [3.63, 3.8) is 0 Å². The van der Waals surface area contributed by atoms with Crippen LogP contribution in [0.15, 0.2) is 15.9 Å². The molecule has 0 aromatic carbocycles. The normalized spacial score (nSPS) is 13.9. The second-order valence-electron chi connectivity index (χ2n) is 5.47. The SMILES string of the molecule is CCOC(=O)c1csc(N(C(=O)c2cc(C)oc2C)C2CC2)n1. The third-order valence-corrected chi connectivity index (χ3v) is 4.42. The van der Waals surface area contributed by atoms with Gasteiger partial charge in [0.25, 0.3) is 5.91 Å². The van der Waals surface area contributed by atoms with E-state index in [1.54, 1.807) is 30.2 Å². The number of thiazole rings is 1. The van der Waals surface area contributed by atoms with Crippen molar-refractivity contribution in [1.82, 2.24) is 4.98 Å². The summed E-state index contributed by atoms with van der Waals surface area (Å²) < 4.78 is 10.4. The van der Waals surface area contributed by atoms with E-state index in [2.05, 4.69) is 4.98 Å². The van der Waals surface area contributed by atoms with Gasteiger partial charge in [0, 0.05) is 11.4 Å². The van der Waals surface area contributed by atoms with Gasteiger partial charge in [-0.15, -0.1) is 11.3 Å². The molecule has 0 radical (unpaired) electrons. The van der Waals surface area contributed by atoms with Crippen LogP contribution in [0, 0.1) is 13.8 Å². The standard InChI is InChI=1S/C16H18N2O4S/c1-4-21-15(20)13-8-23-16(17-13)18(11-5-6-11)14(19)12-7-9(2)22-10(12)3/h7-8,11H,4-6H2,1-3H3. The summed E-state index contributed by atoms with van der Waals surface area (Å²) >= 11 is 1.28. The molecule has 0 spiro atoms. The number of carbonyl (C=O) groups is 2. The number of rotatable bonds is 5. The van der Waals surface area contributed by atoms with Crippen LogP contribution in [0.4, 0.5) is 5.13 Å². The van der Waals surface area contributed by atoms with Crippen molar-refractivity contribution in [2.24, 2.45) is 0 Å². The van der Waals surface area contributed by atoms with E-state index in [1.807, 2.05) is 6.92 Å². The highest BCUT2D eigenvalue weighted by Gasteiger charge is 2.37. The first-order valence-corrected chi connectivity index (χ1v) is 8.42. The Hall–Kier alpha value is -2.15. The number of nitrogens with zero attached hydrogens (tertiary/aromatic N) is 2. The Morgan fingerprint density at radius 3 is 2.74 bits per heavy atom. The maximum atomic E-state index is 12.9. The summed E-state index contributed by atoms with van der Waals surface area (Å²) in [6.45, 7) is 5.63. The summed E-state index contributed by atoms with van der Waals surface area (Å²) in [6, 6.07) is 1.88. The van der Waals surface area contributed by atoms with Crippen molar-refractivity contribution >= 4 is 28.3 Å². The number of anilines is 1. The highest BCUT2D eigenvalue weighted by Crippen LogP contribution is 2.35. The van der Waals surface area contributed by atoms with Crippen molar-refractivity contribution in [2.75, 3.05) is 11.5 Å². The number of aromatic nitrogens is 1. The maximum absolute atomic E-state index is 12.9. The van der Waals surface area contributed by atoms with Crippen LogP contribution in [0.2, 0.25) is 0 Å². The van der Waals surface area contributed by atoms with Crippen LogP contribution < -0.4 is 4.90 Å². The number of carbonyl (C=O) groups excluding carboxylic acids is 2. The Kier molecular flexibility index (Phi) is 4.21. The first kappa shape index (κ1) is 15.7. The molecule has 1 fully saturated rings. The van der Waals surface area contributed by atoms with Crippen LogP contribution in [-0.2, 0) is 4.74 Å². The van der Waals surface area contributed by atoms with Crippen molar-refractivity contribution in [3.8, 4) is 0 Å². The topological polar surface area (TPSA) is 72.6 Å². The van der Waals surface area contributed by atoms with Gasteiger partial charge in [-0.3, -0.25) is 9.69 Å². The Bertz CT molecular complexity index is 745. The quantitative estimate of drug-likeness (QED) is 0.784. The van der Waals surface area contributed by atoms with Gasteiger partial charge in [-0.1, -0.05) is 0 Å². The highest BCUT2D eigenvalue weighted by atomic mass is 32.1. The van der Waals surface area contributed by atoms with Crippen LogP contribution in [0.3, 0.4) is 0 Å². The highest BCUT2D eigenvalue weighted by molar-refractivity contribution is 7.14. The monoisotopic (exact) mass is 334 g/mol. The average molecular weight is 334 g/mol. The molecule has 1 amide bonds. The van der Waals surface area contributed by atoms with E-state index in [0.717, 1.165) is 12.8 Å². The molecule has 6 nitrogen and oxygen atoms in total. The van der Waals surface area contributed by atoms with Crippen molar-refractivity contribution < 1.29 is 18.7 Å². The number of amides is 1. The largest absolute Gasteiger partial charge is 0.466 e. The van der Waals surface area contributed by atoms with Crippen LogP contribution >= 0.6 is 11.3 Å². The van der Waals surface area contributed by atoms with Crippen molar-refractivity contribution in [3.05, 3.63) is 34.2 Å². The Balaban J connectivity index is 1.89. The van der Waals surface area contributed by atoms with Crippen LogP contribution in [0.5, 0.6) is 0 Å². The minimum absolute atomic E-state index is 0.133. The summed E-state index contributed by atoms with van der Waals surface area (Å²) in [4.78, 5) is 30.6. The Morgan fingerprint density at radius 2 is 2.17 bits per heavy atom. The molecule has 1 aliphatic carbocycles. The van der Waals surface area contributed by atoms with E-state index < -0.39 is 5.97 Å². The predicted octanol–water partition coefficient (Wildman–Crippen LogP) is 3.34. The molecule has 122 valence electrons. The fourth-order valence-corrected chi connectivity index (χ4v) is 3.25. The molecule has 2 aromatic heterocycles. The summed E-state index contributed by atoms with van der Waals surface area (Å²) in [6.07, 6.45) is 1.88. The van der Waals surface area contributed by atoms with Crippen molar-refractivity contribution in [1.29, 1.82) is 0 Å². The lowest BCUT2D eigenvalue weighted by Crippen LogP contribution is -2.33. The predicted molar refractivity (Wildman–Crippen MR) is 86.1 cm³/mol. The molecule has 2 heterocycles. The number of ether oxygens (including phenoxy) is 1. The average Bonchev–Trinajstić information content (AvgIpc) is 3.09. The number of aryl methyl sites for hydroxylation is 2. The molecular formula is C16H18N2O4S. The van der Waals surface area contributed by atoms with E-state index >= 15 is 0 Å². The van der Waals surface area contributed by atoms with Gasteiger partial charge in [-0.25, -0.2) is 9.78 Å². The zero-order valence-corrected chi connectivity index (χ0v) is 14.1. The summed E-state index contributed by atoms with van der Waals surface area (Å²) in [5, 5.41) is 2.16. The Labute approximate surface area is 138 Å². The van der Waals surface area contributed by atoms with E-state index in [1.165, 1.54) is 11.3 Å². The van der Waals surface area contributed by atoms with Crippen LogP contribution in [-0.4, -0.2) is 29.5 Å². The number of hydrogen-bond donors (Lipinski definition) is 0. The summed E-state index contributed by atoms with van der Waals surface area (Å²) in [5.41, 5.74) is 0.785. The second-order valence-corrected chi connectivity index (χ2v) is 6.31. The Morgan fingerprint density at radius 1 is 1.43 bits per heavy atom. The van der Waals surface area contributed by atoms with E-state index in [4.69, 9.17) is 9.15 Å². The lowest BCUT2D eigenvalue weighted by atomic mass is 10.2. The molecule has 3 rings (SSSR count). The zero-order chi connectivity index (χ0) is 16.6. The molecule has 1 aliphatic rings. The first-order chi connectivity index (χ1) is 11.0. The molecule has 0 unspecified atom stereocenters. The third-order valence-electron chi connectivity index (χ3n) is 3.58. The smallest absolute Gasteiger partial charge is 0.357 e. The summed E-state index contributed by atoms with van der Waals surface area (Å²) in [5.74, 6) is 0.702. The number of furan rings is 1. The zero-order valence-electron chi connectivity index (χ0n) is 13.3. The molecule has 7 heteroatoms. The molecule has 0 aliphatic heterocycles. The fraction of sp³-hybridized carbons (Fsp3) is 0.438. The minimum atomic E-state index is -0.464. The fourth-order valence-electron chi connectivity index (χ4n) is 2.39. The molecule has 2 aromatic rings. The van der Waals surface area contributed by atoms with Gasteiger partial charge in [0.1, 0.15) is 11.5 Å². The summed E-state index contributed by atoms with van der Waals surface area (Å²) in [7, 11) is 0. The molecule has 1 saturated carbocycles. The number of hydrogen-bond acceptors (Lipinski definition) is 6. The lowest BCUT2D eigenvalue weighted by Gasteiger charge is -2.18. The van der Waals surface area contributed by atoms with Gasteiger partial charge in [0.15, 0.2) is 10.8 Å². The first-order valence-electron chi connectivity index (χ1n) is 7.54. The van der Waals surface area contributed by atoms with Gasteiger partial charge >= 0.3 is 5.97 Å². The molecule has 0 saturated heterocycles. The maximum Gasteiger partial charge on any atom is 0.357 e. The minimum Gasteiger partial charge on any atom is -0.466 e. The van der Waals surface area contributed by atoms with E-state index in [-0.39, 0.29) is 17.6 Å². The van der Waals surface area contributed by atoms with Crippen molar-refractivity contribution in [2.45, 2.75) is 39.7 Å². The van der Waals surface area contributed by atoms with Crippen LogP contribution in [0.25, 0.3) is 0 Å². The van der Waals surface area contributed by atoms with E-state index in [0.29, 0.717) is 28.8 Å². The second kappa shape index (κ2) is 6.16. The molecule has 0 atom stereocenters. The van der Waals surface area contributed by atoms with Gasteiger partial charge in [-0.2, -0.15) is 0 Å². The van der Waals surface area contributed by atoms with E-state index in [9.17, 15) is 9.59 Å². The van der Waals surface area contributed by atoms with Crippen LogP contribution in [0.1, 0.15) is 52.1 Å². The molecular weight excluding hydrogens is 316 g/mol. The number of esters is 1.